The Labute approximate surface area is 111 Å². The number of methoxy groups -OCH3 is 1. The van der Waals surface area contributed by atoms with Crippen molar-refractivity contribution in [3.63, 3.8) is 0 Å². The largest absolute Gasteiger partial charge is 0.444 e. The summed E-state index contributed by atoms with van der Waals surface area (Å²) in [5.74, 6) is 0. The van der Waals surface area contributed by atoms with Crippen LogP contribution in [0.25, 0.3) is 0 Å². The summed E-state index contributed by atoms with van der Waals surface area (Å²) in [6, 6.07) is 0.335. The number of rotatable bonds is 7. The first-order chi connectivity index (χ1) is 8.30. The molecule has 0 radical (unpaired) electrons. The minimum atomic E-state index is -0.444. The number of amides is 1. The maximum absolute atomic E-state index is 11.7. The van der Waals surface area contributed by atoms with E-state index in [2.05, 4.69) is 12.2 Å². The lowest BCUT2D eigenvalue weighted by Gasteiger charge is -2.25. The molecule has 1 atom stereocenters. The normalized spacial score (nSPS) is 13.2. The molecule has 0 rings (SSSR count). The Morgan fingerprint density at radius 2 is 2.00 bits per heavy atom. The highest BCUT2D eigenvalue weighted by Gasteiger charge is 2.19. The summed E-state index contributed by atoms with van der Waals surface area (Å²) in [4.78, 5) is 13.3. The minimum absolute atomic E-state index is 0.288. The van der Waals surface area contributed by atoms with Gasteiger partial charge in [0.25, 0.3) is 0 Å². The highest BCUT2D eigenvalue weighted by atomic mass is 16.6. The van der Waals surface area contributed by atoms with Crippen LogP contribution in [0.1, 0.15) is 34.1 Å². The molecule has 1 unspecified atom stereocenters. The molecule has 0 aromatic heterocycles. The third-order valence-corrected chi connectivity index (χ3v) is 2.45. The molecule has 5 heteroatoms. The highest BCUT2D eigenvalue weighted by molar-refractivity contribution is 5.67. The van der Waals surface area contributed by atoms with Crippen LogP contribution in [0.15, 0.2) is 0 Å². The molecule has 0 aliphatic heterocycles. The summed E-state index contributed by atoms with van der Waals surface area (Å²) >= 11 is 0. The summed E-state index contributed by atoms with van der Waals surface area (Å²) in [6.45, 7) is 9.74. The van der Waals surface area contributed by atoms with Crippen molar-refractivity contribution in [1.29, 1.82) is 0 Å². The van der Waals surface area contributed by atoms with Crippen LogP contribution in [0.3, 0.4) is 0 Å². The van der Waals surface area contributed by atoms with E-state index >= 15 is 0 Å². The first-order valence-corrected chi connectivity index (χ1v) is 6.46. The summed E-state index contributed by atoms with van der Waals surface area (Å²) in [5, 5.41) is 3.34. The van der Waals surface area contributed by atoms with Crippen molar-refractivity contribution in [2.75, 3.05) is 33.9 Å². The molecule has 0 fully saturated rings. The van der Waals surface area contributed by atoms with E-state index < -0.39 is 5.60 Å². The Kier molecular flexibility index (Phi) is 7.95. The Bertz CT molecular complexity index is 239. The minimum Gasteiger partial charge on any atom is -0.444 e. The lowest BCUT2D eigenvalue weighted by molar-refractivity contribution is 0.0298. The fraction of sp³-hybridized carbons (Fsp3) is 0.923. The van der Waals surface area contributed by atoms with E-state index in [9.17, 15) is 4.79 Å². The van der Waals surface area contributed by atoms with Crippen molar-refractivity contribution >= 4 is 6.09 Å². The van der Waals surface area contributed by atoms with E-state index in [-0.39, 0.29) is 6.09 Å². The van der Waals surface area contributed by atoms with Gasteiger partial charge in [0.1, 0.15) is 5.60 Å². The molecule has 0 saturated heterocycles. The third kappa shape index (κ3) is 8.31. The van der Waals surface area contributed by atoms with E-state index in [1.807, 2.05) is 20.8 Å². The van der Waals surface area contributed by atoms with E-state index in [0.717, 1.165) is 13.0 Å². The van der Waals surface area contributed by atoms with Gasteiger partial charge in [0.2, 0.25) is 0 Å². The molecule has 0 aliphatic rings. The van der Waals surface area contributed by atoms with Gasteiger partial charge in [-0.15, -0.1) is 0 Å². The van der Waals surface area contributed by atoms with Gasteiger partial charge in [-0.1, -0.05) is 6.92 Å². The van der Waals surface area contributed by atoms with Gasteiger partial charge in [-0.3, -0.25) is 0 Å². The monoisotopic (exact) mass is 260 g/mol. The molecular formula is C13H28N2O3. The Morgan fingerprint density at radius 1 is 1.39 bits per heavy atom. The predicted octanol–water partition coefficient (Wildman–Crippen LogP) is 1.87. The van der Waals surface area contributed by atoms with Gasteiger partial charge in [-0.2, -0.15) is 0 Å². The number of nitrogens with one attached hydrogen (secondary N) is 1. The number of carbonyl (C=O) groups excluding carboxylic acids is 1. The third-order valence-electron chi connectivity index (χ3n) is 2.45. The Hall–Kier alpha value is -0.810. The average Bonchev–Trinajstić information content (AvgIpc) is 2.25. The summed E-state index contributed by atoms with van der Waals surface area (Å²) in [6.07, 6.45) is 0.716. The summed E-state index contributed by atoms with van der Waals surface area (Å²) < 4.78 is 10.4. The zero-order valence-electron chi connectivity index (χ0n) is 12.6. The fourth-order valence-corrected chi connectivity index (χ4v) is 1.39. The molecule has 0 aliphatic carbocycles. The number of hydrogen-bond donors (Lipinski definition) is 1. The lowest BCUT2D eigenvalue weighted by Crippen LogP contribution is -2.41. The van der Waals surface area contributed by atoms with Crippen LogP contribution in [0, 0.1) is 0 Å². The second-order valence-electron chi connectivity index (χ2n) is 5.42. The van der Waals surface area contributed by atoms with Crippen molar-refractivity contribution in [2.24, 2.45) is 0 Å². The second-order valence-corrected chi connectivity index (χ2v) is 5.42. The molecule has 18 heavy (non-hydrogen) atoms. The fourth-order valence-electron chi connectivity index (χ4n) is 1.39. The van der Waals surface area contributed by atoms with Gasteiger partial charge in [0, 0.05) is 33.3 Å². The van der Waals surface area contributed by atoms with Crippen LogP contribution in [0.4, 0.5) is 4.79 Å². The zero-order valence-corrected chi connectivity index (χ0v) is 12.6. The van der Waals surface area contributed by atoms with Crippen LogP contribution in [-0.4, -0.2) is 56.5 Å². The molecular weight excluding hydrogens is 232 g/mol. The zero-order chi connectivity index (χ0) is 14.2. The number of ether oxygens (including phenoxy) is 2. The van der Waals surface area contributed by atoms with E-state index in [4.69, 9.17) is 9.47 Å². The van der Waals surface area contributed by atoms with Crippen molar-refractivity contribution in [3.05, 3.63) is 0 Å². The number of likely N-dealkylation sites (N-methyl/N-ethyl adjacent to an activating group) is 1. The molecule has 5 nitrogen and oxygen atoms in total. The topological polar surface area (TPSA) is 50.8 Å². The quantitative estimate of drug-likeness (QED) is 0.759. The van der Waals surface area contributed by atoms with Crippen LogP contribution in [0.2, 0.25) is 0 Å². The van der Waals surface area contributed by atoms with Crippen LogP contribution in [-0.2, 0) is 9.47 Å². The maximum Gasteiger partial charge on any atom is 0.410 e. The van der Waals surface area contributed by atoms with E-state index in [1.165, 1.54) is 0 Å². The van der Waals surface area contributed by atoms with Crippen molar-refractivity contribution in [1.82, 2.24) is 10.2 Å². The lowest BCUT2D eigenvalue weighted by atomic mass is 10.2. The first kappa shape index (κ1) is 17.2. The molecule has 0 spiro atoms. The van der Waals surface area contributed by atoms with E-state index in [0.29, 0.717) is 19.2 Å². The predicted molar refractivity (Wildman–Crippen MR) is 72.8 cm³/mol. The SMILES string of the molecule is CCC(COC)NCCN(C)C(=O)OC(C)(C)C. The molecule has 0 aromatic rings. The molecule has 1 amide bonds. The average molecular weight is 260 g/mol. The highest BCUT2D eigenvalue weighted by Crippen LogP contribution is 2.08. The van der Waals surface area contributed by atoms with Crippen molar-refractivity contribution in [2.45, 2.75) is 45.8 Å². The van der Waals surface area contributed by atoms with E-state index in [1.54, 1.807) is 19.1 Å². The van der Waals surface area contributed by atoms with Crippen LogP contribution in [0.5, 0.6) is 0 Å². The van der Waals surface area contributed by atoms with Gasteiger partial charge in [-0.25, -0.2) is 4.79 Å². The molecule has 0 bridgehead atoms. The Morgan fingerprint density at radius 3 is 2.44 bits per heavy atom. The molecule has 0 aromatic carbocycles. The van der Waals surface area contributed by atoms with Gasteiger partial charge in [-0.05, 0) is 27.2 Å². The van der Waals surface area contributed by atoms with Crippen LogP contribution < -0.4 is 5.32 Å². The molecule has 108 valence electrons. The summed E-state index contributed by atoms with van der Waals surface area (Å²) in [7, 11) is 3.43. The van der Waals surface area contributed by atoms with Gasteiger partial charge >= 0.3 is 6.09 Å². The molecule has 1 N–H and O–H groups in total. The smallest absolute Gasteiger partial charge is 0.410 e. The Balaban J connectivity index is 3.88. The number of nitrogens with zero attached hydrogens (tertiary/aromatic N) is 1. The molecule has 0 saturated carbocycles. The standard InChI is InChI=1S/C13H28N2O3/c1-7-11(10-17-6)14-8-9-15(5)12(16)18-13(2,3)4/h11,14H,7-10H2,1-6H3. The first-order valence-electron chi connectivity index (χ1n) is 6.46. The van der Waals surface area contributed by atoms with Gasteiger partial charge in [0.15, 0.2) is 0 Å². The second kappa shape index (κ2) is 8.32. The van der Waals surface area contributed by atoms with Crippen LogP contribution >= 0.6 is 0 Å². The maximum atomic E-state index is 11.7. The van der Waals surface area contributed by atoms with Crippen molar-refractivity contribution in [3.8, 4) is 0 Å². The summed E-state index contributed by atoms with van der Waals surface area (Å²) in [5.41, 5.74) is -0.444. The van der Waals surface area contributed by atoms with Gasteiger partial charge < -0.3 is 19.7 Å². The number of hydrogen-bond acceptors (Lipinski definition) is 4. The number of carbonyl (C=O) groups is 1. The molecule has 0 heterocycles. The van der Waals surface area contributed by atoms with Gasteiger partial charge in [0.05, 0.1) is 6.61 Å². The van der Waals surface area contributed by atoms with Crippen molar-refractivity contribution < 1.29 is 14.3 Å².